The summed E-state index contributed by atoms with van der Waals surface area (Å²) < 4.78 is 29.9. The molecule has 3 saturated heterocycles. The van der Waals surface area contributed by atoms with Gasteiger partial charge in [-0.15, -0.1) is 0 Å². The zero-order chi connectivity index (χ0) is 22.5. The fourth-order valence-electron chi connectivity index (χ4n) is 6.89. The third-order valence-corrected chi connectivity index (χ3v) is 8.24. The Kier molecular flexibility index (Phi) is 3.89. The van der Waals surface area contributed by atoms with E-state index in [1.54, 1.807) is 12.5 Å². The Hall–Kier alpha value is -2.38. The first-order chi connectivity index (χ1) is 15.1. The lowest BCUT2D eigenvalue weighted by Crippen LogP contribution is -2.44. The van der Waals surface area contributed by atoms with E-state index in [0.29, 0.717) is 12.8 Å². The van der Waals surface area contributed by atoms with Crippen molar-refractivity contribution in [2.75, 3.05) is 0 Å². The molecule has 5 heterocycles. The maximum Gasteiger partial charge on any atom is 0.335 e. The lowest BCUT2D eigenvalue weighted by atomic mass is 9.67. The number of hydrogen-bond acceptors (Lipinski definition) is 7. The van der Waals surface area contributed by atoms with Gasteiger partial charge in [0, 0.05) is 41.4 Å². The van der Waals surface area contributed by atoms with Crippen LogP contribution >= 0.6 is 0 Å². The van der Waals surface area contributed by atoms with Crippen molar-refractivity contribution in [3.05, 3.63) is 47.5 Å². The van der Waals surface area contributed by atoms with Crippen LogP contribution in [0.15, 0.2) is 46.3 Å². The highest BCUT2D eigenvalue weighted by atomic mass is 16.7. The van der Waals surface area contributed by atoms with E-state index in [1.807, 2.05) is 32.9 Å². The lowest BCUT2D eigenvalue weighted by molar-refractivity contribution is -0.238. The molecule has 1 aromatic rings. The Labute approximate surface area is 186 Å². The molecule has 5 aliphatic rings. The Morgan fingerprint density at radius 1 is 1.12 bits per heavy atom. The number of carbonyl (C=O) groups excluding carboxylic acids is 2. The summed E-state index contributed by atoms with van der Waals surface area (Å²) in [5.74, 6) is -1.52. The standard InChI is InChI=1S/C25H28O7/c1-22(2)17(24(4)9-6-18(26)31-24)12-25(32-22)11-15-16(30-25)5-8-23(3)19(15)21(27)29-20(23)14-7-10-28-13-14/h6-7,9-10,13,16-17,20H,5,8,11-12H2,1-4H3/t16-,17+,20+,23-,24+,25-/m1/s1. The van der Waals surface area contributed by atoms with E-state index in [0.717, 1.165) is 29.6 Å². The van der Waals surface area contributed by atoms with Crippen LogP contribution in [0.2, 0.25) is 0 Å². The van der Waals surface area contributed by atoms with Crippen molar-refractivity contribution < 1.29 is 33.0 Å². The molecule has 32 heavy (non-hydrogen) atoms. The summed E-state index contributed by atoms with van der Waals surface area (Å²) in [7, 11) is 0. The summed E-state index contributed by atoms with van der Waals surface area (Å²) in [5.41, 5.74) is 0.873. The molecule has 6 rings (SSSR count). The van der Waals surface area contributed by atoms with Gasteiger partial charge in [-0.25, -0.2) is 9.59 Å². The molecule has 1 aromatic heterocycles. The maximum atomic E-state index is 13.1. The second kappa shape index (κ2) is 6.14. The minimum Gasteiger partial charge on any atom is -0.472 e. The molecule has 1 spiro atoms. The van der Waals surface area contributed by atoms with Gasteiger partial charge in [0.25, 0.3) is 0 Å². The zero-order valence-corrected chi connectivity index (χ0v) is 18.8. The zero-order valence-electron chi connectivity index (χ0n) is 18.8. The van der Waals surface area contributed by atoms with Gasteiger partial charge in [-0.1, -0.05) is 6.92 Å². The SMILES string of the molecule is CC1(C)O[C@]2(CC3=C4C(=O)O[C@@H](c5ccoc5)[C@]4(C)CC[C@H]3O2)C[C@@H]1[C@]1(C)C=CC(=O)O1. The van der Waals surface area contributed by atoms with Crippen LogP contribution in [0.25, 0.3) is 0 Å². The summed E-state index contributed by atoms with van der Waals surface area (Å²) in [6, 6.07) is 1.86. The van der Waals surface area contributed by atoms with Crippen molar-refractivity contribution in [2.24, 2.45) is 11.3 Å². The summed E-state index contributed by atoms with van der Waals surface area (Å²) in [4.78, 5) is 24.9. The molecule has 1 aliphatic carbocycles. The van der Waals surface area contributed by atoms with E-state index < -0.39 is 22.4 Å². The van der Waals surface area contributed by atoms with Crippen LogP contribution < -0.4 is 0 Å². The van der Waals surface area contributed by atoms with E-state index in [-0.39, 0.29) is 30.1 Å². The fraction of sp³-hybridized carbons (Fsp3) is 0.600. The summed E-state index contributed by atoms with van der Waals surface area (Å²) in [6.07, 6.45) is 8.72. The van der Waals surface area contributed by atoms with Crippen LogP contribution in [0.1, 0.15) is 65.0 Å². The summed E-state index contributed by atoms with van der Waals surface area (Å²) in [5, 5.41) is 0. The molecule has 0 N–H and O–H groups in total. The van der Waals surface area contributed by atoms with Gasteiger partial charge < -0.3 is 23.4 Å². The minimum atomic E-state index is -0.841. The minimum absolute atomic E-state index is 0.0796. The van der Waals surface area contributed by atoms with Gasteiger partial charge in [-0.2, -0.15) is 0 Å². The average Bonchev–Trinajstić information content (AvgIpc) is 3.48. The van der Waals surface area contributed by atoms with E-state index in [9.17, 15) is 9.59 Å². The largest absolute Gasteiger partial charge is 0.472 e. The van der Waals surface area contributed by atoms with E-state index in [1.165, 1.54) is 6.08 Å². The van der Waals surface area contributed by atoms with Gasteiger partial charge in [0.1, 0.15) is 11.7 Å². The normalized spacial score (nSPS) is 44.2. The highest BCUT2D eigenvalue weighted by molar-refractivity contribution is 5.94. The summed E-state index contributed by atoms with van der Waals surface area (Å²) >= 11 is 0. The van der Waals surface area contributed by atoms with Crippen LogP contribution in [0.3, 0.4) is 0 Å². The first kappa shape index (κ1) is 20.2. The predicted octanol–water partition coefficient (Wildman–Crippen LogP) is 4.15. The number of rotatable bonds is 2. The van der Waals surface area contributed by atoms with Crippen molar-refractivity contribution in [1.29, 1.82) is 0 Å². The molecule has 7 heteroatoms. The number of cyclic esters (lactones) is 2. The van der Waals surface area contributed by atoms with Gasteiger partial charge in [-0.3, -0.25) is 0 Å². The molecular weight excluding hydrogens is 412 g/mol. The Balaban J connectivity index is 1.35. The molecule has 3 fully saturated rings. The molecule has 0 bridgehead atoms. The molecule has 0 radical (unpaired) electrons. The smallest absolute Gasteiger partial charge is 0.335 e. The number of ether oxygens (including phenoxy) is 4. The monoisotopic (exact) mass is 440 g/mol. The molecule has 0 saturated carbocycles. The van der Waals surface area contributed by atoms with E-state index in [2.05, 4.69) is 6.92 Å². The Bertz CT molecular complexity index is 1070. The fourth-order valence-corrected chi connectivity index (χ4v) is 6.89. The first-order valence-corrected chi connectivity index (χ1v) is 11.3. The van der Waals surface area contributed by atoms with Crippen LogP contribution in [-0.4, -0.2) is 35.0 Å². The third-order valence-electron chi connectivity index (χ3n) is 8.24. The highest BCUT2D eigenvalue weighted by Gasteiger charge is 2.65. The van der Waals surface area contributed by atoms with Crippen molar-refractivity contribution in [3.8, 4) is 0 Å². The topological polar surface area (TPSA) is 84.2 Å². The number of furan rings is 1. The van der Waals surface area contributed by atoms with Crippen LogP contribution in [0, 0.1) is 11.3 Å². The average molecular weight is 440 g/mol. The summed E-state index contributed by atoms with van der Waals surface area (Å²) in [6.45, 7) is 8.06. The third kappa shape index (κ3) is 2.61. The second-order valence-corrected chi connectivity index (χ2v) is 10.8. The highest BCUT2D eigenvalue weighted by Crippen LogP contribution is 2.62. The van der Waals surface area contributed by atoms with Gasteiger partial charge in [-0.05, 0) is 51.3 Å². The van der Waals surface area contributed by atoms with Crippen LogP contribution in [-0.2, 0) is 28.5 Å². The quantitative estimate of drug-likeness (QED) is 0.639. The molecule has 0 unspecified atom stereocenters. The molecule has 170 valence electrons. The van der Waals surface area contributed by atoms with Crippen molar-refractivity contribution in [3.63, 3.8) is 0 Å². The van der Waals surface area contributed by atoms with Crippen molar-refractivity contribution in [2.45, 2.75) is 82.6 Å². The Morgan fingerprint density at radius 2 is 1.94 bits per heavy atom. The van der Waals surface area contributed by atoms with Crippen LogP contribution in [0.4, 0.5) is 0 Å². The Morgan fingerprint density at radius 3 is 2.62 bits per heavy atom. The molecular formula is C25H28O7. The number of esters is 2. The van der Waals surface area contributed by atoms with Crippen molar-refractivity contribution in [1.82, 2.24) is 0 Å². The molecule has 7 nitrogen and oxygen atoms in total. The van der Waals surface area contributed by atoms with Gasteiger partial charge in [0.15, 0.2) is 5.79 Å². The van der Waals surface area contributed by atoms with Crippen LogP contribution in [0.5, 0.6) is 0 Å². The van der Waals surface area contributed by atoms with E-state index in [4.69, 9.17) is 23.4 Å². The molecule has 0 aromatic carbocycles. The molecule has 6 atom stereocenters. The predicted molar refractivity (Wildman–Crippen MR) is 111 cm³/mol. The number of hydrogen-bond donors (Lipinski definition) is 0. The molecule has 4 aliphatic heterocycles. The first-order valence-electron chi connectivity index (χ1n) is 11.3. The number of carbonyl (C=O) groups is 2. The van der Waals surface area contributed by atoms with Gasteiger partial charge in [0.05, 0.1) is 24.2 Å². The lowest BCUT2D eigenvalue weighted by Gasteiger charge is -2.36. The van der Waals surface area contributed by atoms with Crippen molar-refractivity contribution >= 4 is 11.9 Å². The van der Waals surface area contributed by atoms with Gasteiger partial charge in [0.2, 0.25) is 0 Å². The number of fused-ring (bicyclic) bond motifs is 2. The maximum absolute atomic E-state index is 13.1. The molecule has 0 amide bonds. The van der Waals surface area contributed by atoms with E-state index >= 15 is 0 Å². The van der Waals surface area contributed by atoms with Gasteiger partial charge >= 0.3 is 11.9 Å². The second-order valence-electron chi connectivity index (χ2n) is 10.8.